The van der Waals surface area contributed by atoms with Gasteiger partial charge in [0.25, 0.3) is 0 Å². The average molecular weight is 315 g/mol. The van der Waals surface area contributed by atoms with Crippen molar-refractivity contribution in [3.63, 3.8) is 0 Å². The van der Waals surface area contributed by atoms with Crippen molar-refractivity contribution in [2.45, 2.75) is 31.7 Å². The van der Waals surface area contributed by atoms with Gasteiger partial charge in [0, 0.05) is 16.4 Å². The topological polar surface area (TPSA) is 55.1 Å². The van der Waals surface area contributed by atoms with E-state index >= 15 is 0 Å². The lowest BCUT2D eigenvalue weighted by atomic mass is 9.86. The first-order chi connectivity index (χ1) is 8.56. The summed E-state index contributed by atoms with van der Waals surface area (Å²) in [5, 5.41) is 2.65. The second kappa shape index (κ2) is 5.80. The lowest BCUT2D eigenvalue weighted by Crippen LogP contribution is -2.32. The molecule has 1 saturated carbocycles. The number of anilines is 1. The molecule has 0 radical (unpaired) electrons. The van der Waals surface area contributed by atoms with E-state index in [9.17, 15) is 9.18 Å². The van der Waals surface area contributed by atoms with Crippen LogP contribution >= 0.6 is 15.9 Å². The molecule has 1 amide bonds. The van der Waals surface area contributed by atoms with E-state index in [4.69, 9.17) is 5.73 Å². The third-order valence-electron chi connectivity index (χ3n) is 3.33. The van der Waals surface area contributed by atoms with E-state index in [0.717, 1.165) is 30.2 Å². The highest BCUT2D eigenvalue weighted by Gasteiger charge is 2.25. The largest absolute Gasteiger partial charge is 0.328 e. The molecule has 0 aromatic heterocycles. The predicted molar refractivity (Wildman–Crippen MR) is 72.7 cm³/mol. The van der Waals surface area contributed by atoms with Gasteiger partial charge < -0.3 is 11.1 Å². The first kappa shape index (κ1) is 13.5. The van der Waals surface area contributed by atoms with E-state index in [2.05, 4.69) is 21.2 Å². The maximum atomic E-state index is 13.5. The molecule has 1 fully saturated rings. The summed E-state index contributed by atoms with van der Waals surface area (Å²) >= 11 is 3.26. The second-order valence-electron chi connectivity index (χ2n) is 4.73. The van der Waals surface area contributed by atoms with Crippen molar-refractivity contribution in [1.29, 1.82) is 0 Å². The van der Waals surface area contributed by atoms with Crippen LogP contribution in [0.5, 0.6) is 0 Å². The van der Waals surface area contributed by atoms with E-state index in [1.807, 2.05) is 0 Å². The number of hydrogen-bond acceptors (Lipinski definition) is 2. The number of nitrogens with one attached hydrogen (secondary N) is 1. The molecule has 0 heterocycles. The fourth-order valence-corrected chi connectivity index (χ4v) is 2.57. The zero-order valence-corrected chi connectivity index (χ0v) is 11.5. The molecule has 98 valence electrons. The first-order valence-corrected chi connectivity index (χ1v) is 6.87. The summed E-state index contributed by atoms with van der Waals surface area (Å²) in [7, 11) is 0. The van der Waals surface area contributed by atoms with Crippen molar-refractivity contribution in [3.8, 4) is 0 Å². The van der Waals surface area contributed by atoms with Gasteiger partial charge in [0.1, 0.15) is 5.82 Å². The first-order valence-electron chi connectivity index (χ1n) is 6.08. The molecule has 5 heteroatoms. The molecule has 2 rings (SSSR count). The molecule has 0 atom stereocenters. The maximum absolute atomic E-state index is 13.5. The Morgan fingerprint density at radius 3 is 2.67 bits per heavy atom. The van der Waals surface area contributed by atoms with Crippen molar-refractivity contribution in [3.05, 3.63) is 28.5 Å². The Balaban J connectivity index is 2.00. The van der Waals surface area contributed by atoms with Crippen molar-refractivity contribution >= 4 is 27.5 Å². The number of rotatable bonds is 2. The summed E-state index contributed by atoms with van der Waals surface area (Å²) in [6.07, 6.45) is 3.28. The van der Waals surface area contributed by atoms with Crippen LogP contribution in [0.3, 0.4) is 0 Å². The Hall–Kier alpha value is -0.940. The van der Waals surface area contributed by atoms with Gasteiger partial charge >= 0.3 is 0 Å². The van der Waals surface area contributed by atoms with Gasteiger partial charge in [-0.15, -0.1) is 0 Å². The highest BCUT2D eigenvalue weighted by Crippen LogP contribution is 2.26. The molecule has 1 aromatic rings. The molecule has 0 unspecified atom stereocenters. The molecule has 3 nitrogen and oxygen atoms in total. The number of halogens is 2. The Morgan fingerprint density at radius 2 is 2.00 bits per heavy atom. The zero-order valence-electron chi connectivity index (χ0n) is 9.96. The Morgan fingerprint density at radius 1 is 1.33 bits per heavy atom. The maximum Gasteiger partial charge on any atom is 0.227 e. The molecular weight excluding hydrogens is 299 g/mol. The van der Waals surface area contributed by atoms with Crippen LogP contribution in [0.1, 0.15) is 25.7 Å². The molecule has 1 aliphatic rings. The summed E-state index contributed by atoms with van der Waals surface area (Å²) in [4.78, 5) is 12.0. The van der Waals surface area contributed by atoms with E-state index in [0.29, 0.717) is 0 Å². The highest BCUT2D eigenvalue weighted by atomic mass is 79.9. The highest BCUT2D eigenvalue weighted by molar-refractivity contribution is 9.10. The Labute approximate surface area is 114 Å². The second-order valence-corrected chi connectivity index (χ2v) is 5.64. The third kappa shape index (κ3) is 3.29. The monoisotopic (exact) mass is 314 g/mol. The van der Waals surface area contributed by atoms with Crippen molar-refractivity contribution in [1.82, 2.24) is 0 Å². The Kier molecular flexibility index (Phi) is 4.35. The van der Waals surface area contributed by atoms with E-state index in [1.54, 1.807) is 12.1 Å². The number of carbonyl (C=O) groups excluding carboxylic acids is 1. The van der Waals surface area contributed by atoms with Crippen molar-refractivity contribution < 1.29 is 9.18 Å². The molecule has 3 N–H and O–H groups in total. The van der Waals surface area contributed by atoms with Gasteiger partial charge in [-0.3, -0.25) is 4.79 Å². The molecule has 1 aromatic carbocycles. The quantitative estimate of drug-likeness (QED) is 0.881. The van der Waals surface area contributed by atoms with Crippen LogP contribution in [0.15, 0.2) is 22.7 Å². The summed E-state index contributed by atoms with van der Waals surface area (Å²) in [5.74, 6) is -0.582. The van der Waals surface area contributed by atoms with Gasteiger partial charge in [0.2, 0.25) is 5.91 Å². The number of amides is 1. The van der Waals surface area contributed by atoms with Crippen LogP contribution in [-0.4, -0.2) is 11.9 Å². The molecule has 0 spiro atoms. The van der Waals surface area contributed by atoms with Crippen molar-refractivity contribution in [2.75, 3.05) is 5.32 Å². The summed E-state index contributed by atoms with van der Waals surface area (Å²) < 4.78 is 14.2. The van der Waals surface area contributed by atoms with Crippen LogP contribution < -0.4 is 11.1 Å². The molecule has 0 saturated heterocycles. The van der Waals surface area contributed by atoms with Gasteiger partial charge in [0.05, 0.1) is 5.69 Å². The van der Waals surface area contributed by atoms with Crippen LogP contribution in [0.25, 0.3) is 0 Å². The predicted octanol–water partition coefficient (Wildman–Crippen LogP) is 3.04. The van der Waals surface area contributed by atoms with Gasteiger partial charge in [0.15, 0.2) is 0 Å². The fraction of sp³-hybridized carbons (Fsp3) is 0.462. The Bertz CT molecular complexity index is 445. The van der Waals surface area contributed by atoms with Gasteiger partial charge in [-0.05, 0) is 43.9 Å². The lowest BCUT2D eigenvalue weighted by Gasteiger charge is -2.25. The van der Waals surface area contributed by atoms with Crippen LogP contribution in [0.4, 0.5) is 10.1 Å². The summed E-state index contributed by atoms with van der Waals surface area (Å²) in [6.45, 7) is 0. The molecule has 1 aliphatic carbocycles. The third-order valence-corrected chi connectivity index (χ3v) is 3.82. The van der Waals surface area contributed by atoms with Crippen molar-refractivity contribution in [2.24, 2.45) is 11.7 Å². The van der Waals surface area contributed by atoms with Gasteiger partial charge in [-0.2, -0.15) is 0 Å². The zero-order chi connectivity index (χ0) is 13.1. The van der Waals surface area contributed by atoms with Crippen LogP contribution in [-0.2, 0) is 4.79 Å². The average Bonchev–Trinajstić information content (AvgIpc) is 2.34. The summed E-state index contributed by atoms with van der Waals surface area (Å²) in [5.41, 5.74) is 6.02. The SMILES string of the molecule is NC1CCC(C(=O)Nc2cc(Br)ccc2F)CC1. The van der Waals surface area contributed by atoms with Crippen LogP contribution in [0.2, 0.25) is 0 Å². The summed E-state index contributed by atoms with van der Waals surface area (Å²) in [6, 6.07) is 4.71. The molecule has 18 heavy (non-hydrogen) atoms. The number of carbonyl (C=O) groups is 1. The number of benzene rings is 1. The fourth-order valence-electron chi connectivity index (χ4n) is 2.21. The van der Waals surface area contributed by atoms with Gasteiger partial charge in [-0.1, -0.05) is 15.9 Å². The molecule has 0 bridgehead atoms. The molecule has 0 aliphatic heterocycles. The number of nitrogens with two attached hydrogens (primary N) is 1. The normalized spacial score (nSPS) is 23.7. The standard InChI is InChI=1S/C13H16BrFN2O/c14-9-3-6-11(15)12(7-9)17-13(18)8-1-4-10(16)5-2-8/h3,6-8,10H,1-2,4-5,16H2,(H,17,18). The minimum atomic E-state index is -0.418. The van der Waals surface area contributed by atoms with E-state index in [-0.39, 0.29) is 23.6 Å². The smallest absolute Gasteiger partial charge is 0.227 e. The van der Waals surface area contributed by atoms with Crippen LogP contribution in [0, 0.1) is 11.7 Å². The molecular formula is C13H16BrFN2O. The minimum Gasteiger partial charge on any atom is -0.328 e. The minimum absolute atomic E-state index is 0.0526. The van der Waals surface area contributed by atoms with Gasteiger partial charge in [-0.25, -0.2) is 4.39 Å². The van der Waals surface area contributed by atoms with E-state index in [1.165, 1.54) is 6.07 Å². The number of hydrogen-bond donors (Lipinski definition) is 2. The van der Waals surface area contributed by atoms with E-state index < -0.39 is 5.82 Å². The lowest BCUT2D eigenvalue weighted by molar-refractivity contribution is -0.120.